The summed E-state index contributed by atoms with van der Waals surface area (Å²) in [7, 11) is -3.84. The predicted octanol–water partition coefficient (Wildman–Crippen LogP) is 2.58. The second-order valence-electron chi connectivity index (χ2n) is 5.91. The molecule has 0 aliphatic heterocycles. The van der Waals surface area contributed by atoms with Gasteiger partial charge in [0.1, 0.15) is 10.4 Å². The molecule has 2 aromatic carbocycles. The molecule has 0 aliphatic rings. The van der Waals surface area contributed by atoms with Crippen LogP contribution in [0.3, 0.4) is 0 Å². The highest BCUT2D eigenvalue weighted by atomic mass is 32.2. The van der Waals surface area contributed by atoms with E-state index in [-0.39, 0.29) is 10.4 Å². The number of nitrogens with zero attached hydrogens (tertiary/aromatic N) is 4. The van der Waals surface area contributed by atoms with Gasteiger partial charge in [-0.25, -0.2) is 13.0 Å². The third-order valence-corrected chi connectivity index (χ3v) is 5.30. The molecule has 26 heavy (non-hydrogen) atoms. The lowest BCUT2D eigenvalue weighted by Gasteiger charge is -2.05. The van der Waals surface area contributed by atoms with Gasteiger partial charge in [0, 0.05) is 6.20 Å². The molecule has 2 heterocycles. The van der Waals surface area contributed by atoms with E-state index in [4.69, 9.17) is 0 Å². The minimum Gasteiger partial charge on any atom is -0.276 e. The highest BCUT2D eigenvalue weighted by Gasteiger charge is 2.21. The second-order valence-corrected chi connectivity index (χ2v) is 7.56. The molecule has 4 rings (SSSR count). The number of fused-ring (bicyclic) bond motifs is 1. The van der Waals surface area contributed by atoms with Gasteiger partial charge in [-0.2, -0.15) is 5.10 Å². The van der Waals surface area contributed by atoms with Crippen LogP contribution in [0.15, 0.2) is 64.4 Å². The minimum absolute atomic E-state index is 0.00235. The van der Waals surface area contributed by atoms with Crippen LogP contribution in [0.25, 0.3) is 11.0 Å². The molecule has 2 aromatic heterocycles. The fraction of sp³-hybridized carbons (Fsp3) is 0.118. The molecule has 0 amide bonds. The SMILES string of the molecule is Cc1ccc(Cn2cc(NS(=O)(=O)c3cccc4nonc34)cn2)cc1. The lowest BCUT2D eigenvalue weighted by atomic mass is 10.1. The number of sulfonamides is 1. The summed E-state index contributed by atoms with van der Waals surface area (Å²) in [6, 6.07) is 12.7. The van der Waals surface area contributed by atoms with Crippen molar-refractivity contribution in [1.82, 2.24) is 20.1 Å². The Morgan fingerprint density at radius 3 is 2.73 bits per heavy atom. The number of benzene rings is 2. The van der Waals surface area contributed by atoms with E-state index in [0.29, 0.717) is 17.7 Å². The van der Waals surface area contributed by atoms with Crippen molar-refractivity contribution in [3.05, 3.63) is 66.0 Å². The Hall–Kier alpha value is -3.20. The van der Waals surface area contributed by atoms with Crippen LogP contribution in [-0.4, -0.2) is 28.5 Å². The van der Waals surface area contributed by atoms with Gasteiger partial charge in [0.15, 0.2) is 5.52 Å². The summed E-state index contributed by atoms with van der Waals surface area (Å²) in [5, 5.41) is 11.5. The molecule has 1 N–H and O–H groups in total. The largest absolute Gasteiger partial charge is 0.276 e. The summed E-state index contributed by atoms with van der Waals surface area (Å²) in [6.45, 7) is 2.57. The van der Waals surface area contributed by atoms with Crippen LogP contribution in [0, 0.1) is 6.92 Å². The Bertz CT molecular complexity index is 1160. The van der Waals surface area contributed by atoms with E-state index in [1.807, 2.05) is 31.2 Å². The lowest BCUT2D eigenvalue weighted by molar-refractivity contribution is 0.315. The average Bonchev–Trinajstić information content (AvgIpc) is 3.25. The summed E-state index contributed by atoms with van der Waals surface area (Å²) < 4.78 is 34.1. The van der Waals surface area contributed by atoms with Gasteiger partial charge >= 0.3 is 0 Å². The summed E-state index contributed by atoms with van der Waals surface area (Å²) >= 11 is 0. The first-order valence-electron chi connectivity index (χ1n) is 7.83. The van der Waals surface area contributed by atoms with Crippen molar-refractivity contribution in [1.29, 1.82) is 0 Å². The fourth-order valence-corrected chi connectivity index (χ4v) is 3.77. The molecule has 4 aromatic rings. The van der Waals surface area contributed by atoms with Gasteiger partial charge < -0.3 is 0 Å². The standard InChI is InChI=1S/C17H15N5O3S/c1-12-5-7-13(8-6-12)10-22-11-14(9-18-22)21-26(23,24)16-4-2-3-15-17(16)20-25-19-15/h2-9,11,21H,10H2,1H3. The Kier molecular flexibility index (Phi) is 3.92. The Labute approximate surface area is 149 Å². The highest BCUT2D eigenvalue weighted by molar-refractivity contribution is 7.93. The van der Waals surface area contributed by atoms with Crippen LogP contribution >= 0.6 is 0 Å². The molecule has 0 bridgehead atoms. The lowest BCUT2D eigenvalue weighted by Crippen LogP contribution is -2.13. The van der Waals surface area contributed by atoms with E-state index in [0.717, 1.165) is 5.56 Å². The minimum atomic E-state index is -3.84. The molecule has 0 spiro atoms. The number of hydrogen-bond donors (Lipinski definition) is 1. The summed E-state index contributed by atoms with van der Waals surface area (Å²) in [4.78, 5) is 0.00235. The fourth-order valence-electron chi connectivity index (χ4n) is 2.59. The monoisotopic (exact) mass is 369 g/mol. The number of hydrogen-bond acceptors (Lipinski definition) is 6. The second kappa shape index (κ2) is 6.26. The van der Waals surface area contributed by atoms with Crippen molar-refractivity contribution in [3.8, 4) is 0 Å². The van der Waals surface area contributed by atoms with Crippen molar-refractivity contribution in [2.75, 3.05) is 4.72 Å². The van der Waals surface area contributed by atoms with Gasteiger partial charge in [0.2, 0.25) is 0 Å². The molecular weight excluding hydrogens is 354 g/mol. The van der Waals surface area contributed by atoms with Crippen molar-refractivity contribution in [2.24, 2.45) is 0 Å². The molecule has 0 fully saturated rings. The van der Waals surface area contributed by atoms with E-state index in [1.54, 1.807) is 23.0 Å². The number of aromatic nitrogens is 4. The van der Waals surface area contributed by atoms with Gasteiger partial charge in [0.25, 0.3) is 10.0 Å². The van der Waals surface area contributed by atoms with Gasteiger partial charge in [-0.1, -0.05) is 35.9 Å². The number of anilines is 1. The molecule has 0 aliphatic carbocycles. The van der Waals surface area contributed by atoms with Gasteiger partial charge in [-0.3, -0.25) is 9.40 Å². The number of aryl methyl sites for hydroxylation is 1. The van der Waals surface area contributed by atoms with E-state index in [1.165, 1.54) is 17.8 Å². The van der Waals surface area contributed by atoms with E-state index in [2.05, 4.69) is 24.8 Å². The Balaban J connectivity index is 1.56. The molecule has 8 nitrogen and oxygen atoms in total. The number of nitrogens with one attached hydrogen (secondary N) is 1. The summed E-state index contributed by atoms with van der Waals surface area (Å²) in [5.41, 5.74) is 3.19. The van der Waals surface area contributed by atoms with E-state index in [9.17, 15) is 8.42 Å². The quantitative estimate of drug-likeness (QED) is 0.580. The molecule has 0 atom stereocenters. The van der Waals surface area contributed by atoms with Crippen molar-refractivity contribution < 1.29 is 13.0 Å². The van der Waals surface area contributed by atoms with Gasteiger partial charge in [-0.15, -0.1) is 0 Å². The van der Waals surface area contributed by atoms with Crippen LogP contribution in [0.2, 0.25) is 0 Å². The molecule has 132 valence electrons. The van der Waals surface area contributed by atoms with Crippen LogP contribution in [-0.2, 0) is 16.6 Å². The first-order chi connectivity index (χ1) is 12.5. The Morgan fingerprint density at radius 1 is 1.12 bits per heavy atom. The van der Waals surface area contributed by atoms with Crippen molar-refractivity contribution in [3.63, 3.8) is 0 Å². The first-order valence-corrected chi connectivity index (χ1v) is 9.32. The van der Waals surface area contributed by atoms with Crippen LogP contribution < -0.4 is 4.72 Å². The zero-order chi connectivity index (χ0) is 18.1. The van der Waals surface area contributed by atoms with E-state index >= 15 is 0 Å². The third-order valence-electron chi connectivity index (χ3n) is 3.89. The van der Waals surface area contributed by atoms with Crippen LogP contribution in [0.5, 0.6) is 0 Å². The zero-order valence-electron chi connectivity index (χ0n) is 13.8. The van der Waals surface area contributed by atoms with Gasteiger partial charge in [0.05, 0.1) is 18.4 Å². The smallest absolute Gasteiger partial charge is 0.264 e. The highest BCUT2D eigenvalue weighted by Crippen LogP contribution is 2.22. The molecule has 0 saturated carbocycles. The first kappa shape index (κ1) is 16.3. The maximum absolute atomic E-state index is 12.7. The topological polar surface area (TPSA) is 103 Å². The van der Waals surface area contributed by atoms with E-state index < -0.39 is 10.0 Å². The third kappa shape index (κ3) is 3.16. The normalized spacial score (nSPS) is 11.7. The molecular formula is C17H15N5O3S. The molecule has 0 saturated heterocycles. The zero-order valence-corrected chi connectivity index (χ0v) is 14.6. The van der Waals surface area contributed by atoms with Crippen LogP contribution in [0.1, 0.15) is 11.1 Å². The summed E-state index contributed by atoms with van der Waals surface area (Å²) in [6.07, 6.45) is 3.10. The Morgan fingerprint density at radius 2 is 1.92 bits per heavy atom. The molecule has 0 radical (unpaired) electrons. The van der Waals surface area contributed by atoms with Crippen molar-refractivity contribution >= 4 is 26.7 Å². The maximum atomic E-state index is 12.7. The number of rotatable bonds is 5. The molecule has 0 unspecified atom stereocenters. The average molecular weight is 369 g/mol. The predicted molar refractivity (Wildman–Crippen MR) is 95.1 cm³/mol. The van der Waals surface area contributed by atoms with Crippen molar-refractivity contribution in [2.45, 2.75) is 18.4 Å². The summed E-state index contributed by atoms with van der Waals surface area (Å²) in [5.74, 6) is 0. The molecule has 9 heteroatoms. The van der Waals surface area contributed by atoms with Crippen LogP contribution in [0.4, 0.5) is 5.69 Å². The van der Waals surface area contributed by atoms with Gasteiger partial charge in [-0.05, 0) is 34.9 Å². The maximum Gasteiger partial charge on any atom is 0.264 e.